The molecule has 0 fully saturated rings. The number of ether oxygens (including phenoxy) is 2. The van der Waals surface area contributed by atoms with Crippen molar-refractivity contribution in [1.82, 2.24) is 5.32 Å². The number of aliphatic hydroxyl groups is 1. The average Bonchev–Trinajstić information content (AvgIpc) is 2.65. The fourth-order valence-electron chi connectivity index (χ4n) is 2.93. The highest BCUT2D eigenvalue weighted by molar-refractivity contribution is 6.30. The molecule has 1 heterocycles. The maximum Gasteiger partial charge on any atom is 0.348 e. The molecule has 7 heteroatoms. The van der Waals surface area contributed by atoms with Crippen LogP contribution in [-0.2, 0) is 11.2 Å². The second-order valence-electron chi connectivity index (χ2n) is 6.62. The van der Waals surface area contributed by atoms with Gasteiger partial charge in [0.1, 0.15) is 6.61 Å². The van der Waals surface area contributed by atoms with E-state index >= 15 is 0 Å². The molecule has 3 N–H and O–H groups in total. The molecule has 0 amide bonds. The summed E-state index contributed by atoms with van der Waals surface area (Å²) in [6, 6.07) is 12.8. The molecule has 0 saturated carbocycles. The molecule has 0 bridgehead atoms. The van der Waals surface area contributed by atoms with Crippen molar-refractivity contribution in [3.63, 3.8) is 0 Å². The van der Waals surface area contributed by atoms with Gasteiger partial charge in [0.05, 0.1) is 6.10 Å². The second-order valence-corrected chi connectivity index (χ2v) is 7.06. The number of aliphatic hydroxyl groups excluding tert-OH is 1. The van der Waals surface area contributed by atoms with Crippen molar-refractivity contribution in [2.75, 3.05) is 13.2 Å². The lowest BCUT2D eigenvalue weighted by atomic mass is 10.0. The molecule has 0 aromatic heterocycles. The van der Waals surface area contributed by atoms with Gasteiger partial charge in [-0.1, -0.05) is 29.8 Å². The minimum absolute atomic E-state index is 0.00851. The van der Waals surface area contributed by atoms with E-state index in [0.717, 1.165) is 17.5 Å². The van der Waals surface area contributed by atoms with Crippen molar-refractivity contribution in [2.45, 2.75) is 31.6 Å². The van der Waals surface area contributed by atoms with Gasteiger partial charge >= 0.3 is 5.97 Å². The largest absolute Gasteiger partial charge is 0.485 e. The highest BCUT2D eigenvalue weighted by Crippen LogP contribution is 2.33. The molecule has 6 nitrogen and oxygen atoms in total. The van der Waals surface area contributed by atoms with Crippen LogP contribution in [0, 0.1) is 0 Å². The van der Waals surface area contributed by atoms with Crippen LogP contribution in [0.5, 0.6) is 11.5 Å². The Bertz CT molecular complexity index is 813. The van der Waals surface area contributed by atoms with Crippen LogP contribution in [0.2, 0.25) is 5.02 Å². The highest BCUT2D eigenvalue weighted by atomic mass is 35.5. The van der Waals surface area contributed by atoms with Gasteiger partial charge in [0.15, 0.2) is 11.5 Å². The Morgan fingerprint density at radius 2 is 2.11 bits per heavy atom. The van der Waals surface area contributed by atoms with Crippen LogP contribution in [0.25, 0.3) is 0 Å². The van der Waals surface area contributed by atoms with Gasteiger partial charge in [-0.15, -0.1) is 0 Å². The van der Waals surface area contributed by atoms with Crippen molar-refractivity contribution in [3.05, 3.63) is 58.6 Å². The van der Waals surface area contributed by atoms with Crippen molar-refractivity contribution in [2.24, 2.45) is 0 Å². The number of carboxylic acid groups (broad SMARTS) is 1. The Hall–Kier alpha value is -2.28. The number of rotatable bonds is 7. The first-order chi connectivity index (χ1) is 12.9. The summed E-state index contributed by atoms with van der Waals surface area (Å²) in [5, 5.41) is 23.2. The van der Waals surface area contributed by atoms with Gasteiger partial charge < -0.3 is 25.0 Å². The van der Waals surface area contributed by atoms with Crippen molar-refractivity contribution in [3.8, 4) is 11.5 Å². The minimum atomic E-state index is -1.04. The average molecular weight is 392 g/mol. The van der Waals surface area contributed by atoms with Crippen molar-refractivity contribution < 1.29 is 24.5 Å². The van der Waals surface area contributed by atoms with Gasteiger partial charge in [0.2, 0.25) is 6.10 Å². The number of aliphatic carboxylic acids is 1. The molecule has 2 aromatic rings. The Balaban J connectivity index is 1.54. The predicted octanol–water partition coefficient (Wildman–Crippen LogP) is 2.82. The molecule has 1 aliphatic rings. The smallest absolute Gasteiger partial charge is 0.348 e. The zero-order valence-electron chi connectivity index (χ0n) is 14.9. The fraction of sp³-hybridized carbons (Fsp3) is 0.350. The SMILES string of the molecule is C[C@@H](Cc1ccc2c(c1)OC[C@@H](C(=O)O)O2)NCC(O)c1cccc(Cl)c1. The zero-order chi connectivity index (χ0) is 19.4. The van der Waals surface area contributed by atoms with Gasteiger partial charge in [-0.25, -0.2) is 4.79 Å². The van der Waals surface area contributed by atoms with Crippen molar-refractivity contribution in [1.29, 1.82) is 0 Å². The van der Waals surface area contributed by atoms with E-state index in [9.17, 15) is 9.90 Å². The summed E-state index contributed by atoms with van der Waals surface area (Å²) in [7, 11) is 0. The topological polar surface area (TPSA) is 88.0 Å². The number of carbonyl (C=O) groups is 1. The van der Waals surface area contributed by atoms with Gasteiger partial charge in [-0.05, 0) is 48.7 Å². The van der Waals surface area contributed by atoms with Gasteiger partial charge in [-0.3, -0.25) is 0 Å². The summed E-state index contributed by atoms with van der Waals surface area (Å²) in [6.45, 7) is 2.43. The van der Waals surface area contributed by atoms with Crippen LogP contribution in [0.15, 0.2) is 42.5 Å². The Morgan fingerprint density at radius 3 is 2.85 bits per heavy atom. The molecule has 0 saturated heterocycles. The summed E-state index contributed by atoms with van der Waals surface area (Å²) >= 11 is 5.96. The van der Waals surface area contributed by atoms with E-state index in [1.807, 2.05) is 31.2 Å². The Labute approximate surface area is 162 Å². The van der Waals surface area contributed by atoms with E-state index < -0.39 is 18.2 Å². The second kappa shape index (κ2) is 8.61. The Morgan fingerprint density at radius 1 is 1.30 bits per heavy atom. The van der Waals surface area contributed by atoms with E-state index in [2.05, 4.69) is 5.32 Å². The standard InChI is InChI=1S/C20H22ClNO5/c1-12(22-10-16(23)14-3-2-4-15(21)9-14)7-13-5-6-17-18(8-13)26-11-19(27-17)20(24)25/h2-6,8-9,12,16,19,22-23H,7,10-11H2,1H3,(H,24,25)/t12-,16?,19-/m0/s1. The Kier molecular flexibility index (Phi) is 6.21. The molecule has 27 heavy (non-hydrogen) atoms. The number of hydrogen-bond acceptors (Lipinski definition) is 5. The van der Waals surface area contributed by atoms with Crippen LogP contribution in [0.4, 0.5) is 0 Å². The molecular weight excluding hydrogens is 370 g/mol. The summed E-state index contributed by atoms with van der Waals surface area (Å²) in [4.78, 5) is 11.0. The number of fused-ring (bicyclic) bond motifs is 1. The van der Waals surface area contributed by atoms with Crippen LogP contribution >= 0.6 is 11.6 Å². The van der Waals surface area contributed by atoms with Crippen LogP contribution in [0.3, 0.4) is 0 Å². The molecule has 0 aliphatic carbocycles. The minimum Gasteiger partial charge on any atom is -0.485 e. The summed E-state index contributed by atoms with van der Waals surface area (Å²) in [5.41, 5.74) is 1.80. The van der Waals surface area contributed by atoms with E-state index in [1.165, 1.54) is 0 Å². The summed E-state index contributed by atoms with van der Waals surface area (Å²) < 4.78 is 10.9. The van der Waals surface area contributed by atoms with Crippen LogP contribution in [0.1, 0.15) is 24.2 Å². The lowest BCUT2D eigenvalue weighted by molar-refractivity contribution is -0.147. The first-order valence-electron chi connectivity index (χ1n) is 8.74. The first kappa shape index (κ1) is 19.5. The predicted molar refractivity (Wildman–Crippen MR) is 102 cm³/mol. The monoisotopic (exact) mass is 391 g/mol. The van der Waals surface area contributed by atoms with E-state index in [0.29, 0.717) is 23.1 Å². The molecule has 0 spiro atoms. The third-order valence-corrected chi connectivity index (χ3v) is 4.61. The first-order valence-corrected chi connectivity index (χ1v) is 9.12. The number of halogens is 1. The van der Waals surface area contributed by atoms with Gasteiger partial charge in [0, 0.05) is 17.6 Å². The maximum absolute atomic E-state index is 11.0. The molecule has 144 valence electrons. The molecular formula is C20H22ClNO5. The number of hydrogen-bond donors (Lipinski definition) is 3. The molecule has 1 unspecified atom stereocenters. The molecule has 3 atom stereocenters. The van der Waals surface area contributed by atoms with Crippen LogP contribution < -0.4 is 14.8 Å². The van der Waals surface area contributed by atoms with Crippen LogP contribution in [-0.4, -0.2) is 41.5 Å². The quantitative estimate of drug-likeness (QED) is 0.672. The van der Waals surface area contributed by atoms with E-state index in [-0.39, 0.29) is 12.6 Å². The normalized spacial score (nSPS) is 18.0. The fourth-order valence-corrected chi connectivity index (χ4v) is 3.13. The molecule has 0 radical (unpaired) electrons. The molecule has 2 aromatic carbocycles. The molecule has 1 aliphatic heterocycles. The highest BCUT2D eigenvalue weighted by Gasteiger charge is 2.27. The van der Waals surface area contributed by atoms with Crippen molar-refractivity contribution >= 4 is 17.6 Å². The van der Waals surface area contributed by atoms with Gasteiger partial charge in [-0.2, -0.15) is 0 Å². The summed E-state index contributed by atoms with van der Waals surface area (Å²) in [6.07, 6.45) is -0.891. The molecule has 3 rings (SSSR count). The van der Waals surface area contributed by atoms with Gasteiger partial charge in [0.25, 0.3) is 0 Å². The van der Waals surface area contributed by atoms with E-state index in [1.54, 1.807) is 18.2 Å². The lowest BCUT2D eigenvalue weighted by Crippen LogP contribution is -2.36. The number of nitrogens with one attached hydrogen (secondary N) is 1. The van der Waals surface area contributed by atoms with E-state index in [4.69, 9.17) is 26.2 Å². The summed E-state index contributed by atoms with van der Waals surface area (Å²) in [5.74, 6) is -0.0497. The zero-order valence-corrected chi connectivity index (χ0v) is 15.6. The third-order valence-electron chi connectivity index (χ3n) is 4.38. The third kappa shape index (κ3) is 5.13. The lowest BCUT2D eigenvalue weighted by Gasteiger charge is -2.24. The number of carboxylic acids is 1. The number of benzene rings is 2. The maximum atomic E-state index is 11.0.